The van der Waals surface area contributed by atoms with Gasteiger partial charge in [0.05, 0.1) is 63.8 Å². The lowest BCUT2D eigenvalue weighted by Gasteiger charge is -2.51. The van der Waals surface area contributed by atoms with E-state index < -0.39 is 139 Å². The molecule has 3 aliphatic heterocycles. The van der Waals surface area contributed by atoms with E-state index >= 15 is 0 Å². The molecule has 2 aliphatic carbocycles. The highest BCUT2D eigenvalue weighted by Gasteiger charge is 2.57. The van der Waals surface area contributed by atoms with E-state index in [9.17, 15) is 34.3 Å². The van der Waals surface area contributed by atoms with Crippen molar-refractivity contribution in [1.82, 2.24) is 15.3 Å². The Bertz CT molecular complexity index is 3270. The van der Waals surface area contributed by atoms with Crippen LogP contribution in [0.3, 0.4) is 0 Å². The first kappa shape index (κ1) is 65.3. The predicted octanol–water partition coefficient (Wildman–Crippen LogP) is 7.64. The van der Waals surface area contributed by atoms with Gasteiger partial charge < -0.3 is 67.1 Å². The number of hydrogen-bond donors (Lipinski definition) is 3. The van der Waals surface area contributed by atoms with Crippen LogP contribution in [0.15, 0.2) is 142 Å². The number of aromatic nitrogens is 2. The van der Waals surface area contributed by atoms with Crippen LogP contribution in [0.2, 0.25) is 0 Å². The summed E-state index contributed by atoms with van der Waals surface area (Å²) in [7, 11) is 1.22. The maximum absolute atomic E-state index is 14.7. The van der Waals surface area contributed by atoms with Crippen LogP contribution >= 0.6 is 0 Å². The summed E-state index contributed by atoms with van der Waals surface area (Å²) in [5.41, 5.74) is 10.5. The van der Waals surface area contributed by atoms with Gasteiger partial charge in [0.2, 0.25) is 0 Å². The molecule has 1 aromatic heterocycles. The van der Waals surface area contributed by atoms with E-state index in [4.69, 9.17) is 56.8 Å². The molecule has 480 valence electrons. The number of nitrogens with one attached hydrogen (secondary N) is 3. The molecule has 1 amide bonds. The summed E-state index contributed by atoms with van der Waals surface area (Å²) in [6.07, 6.45) is -9.76. The molecule has 7 unspecified atom stereocenters. The third-order valence-corrected chi connectivity index (χ3v) is 17.3. The van der Waals surface area contributed by atoms with Gasteiger partial charge in [-0.15, -0.1) is 0 Å². The topological polar surface area (TPSA) is 306 Å². The van der Waals surface area contributed by atoms with Crippen molar-refractivity contribution in [3.05, 3.63) is 187 Å². The number of amides is 1. The number of esters is 3. The molecule has 24 heteroatoms. The third-order valence-electron chi connectivity index (χ3n) is 17.3. The molecule has 5 aromatic rings. The Hall–Kier alpha value is -7.61. The van der Waals surface area contributed by atoms with Crippen molar-refractivity contribution in [2.24, 2.45) is 22.9 Å². The largest absolute Gasteiger partial charge is 0.469 e. The summed E-state index contributed by atoms with van der Waals surface area (Å²) in [6.45, 7) is 3.19. The van der Waals surface area contributed by atoms with Crippen LogP contribution < -0.4 is 16.6 Å². The molecule has 2 saturated carbocycles. The highest BCUT2D eigenvalue weighted by molar-refractivity contribution is 5.92. The van der Waals surface area contributed by atoms with Gasteiger partial charge in [-0.05, 0) is 54.3 Å². The summed E-state index contributed by atoms with van der Waals surface area (Å²) in [5.74, 6) is -4.44. The number of benzene rings is 4. The fourth-order valence-electron chi connectivity index (χ4n) is 12.6. The molecular formula is C66H78N6O18. The minimum Gasteiger partial charge on any atom is -0.469 e. The van der Waals surface area contributed by atoms with Crippen molar-refractivity contribution < 1.29 is 76.0 Å². The van der Waals surface area contributed by atoms with E-state index in [1.54, 1.807) is 0 Å². The van der Waals surface area contributed by atoms with Gasteiger partial charge in [0, 0.05) is 22.5 Å². The number of methoxy groups -OCH3 is 1. The number of rotatable bonds is 25. The van der Waals surface area contributed by atoms with E-state index in [0.717, 1.165) is 54.9 Å². The average Bonchev–Trinajstić information content (AvgIpc) is 1.25. The number of ether oxygens (including phenoxy) is 12. The molecule has 90 heavy (non-hydrogen) atoms. The Morgan fingerprint density at radius 1 is 0.733 bits per heavy atom. The summed E-state index contributed by atoms with van der Waals surface area (Å²) in [5, 5.41) is 6.41. The standard InChI is InChI=1S/C66H78N6O18/c1-39-40(2)85-51(57(81-35-43-23-13-6-14-24-43)55(39)80-34-42-21-11-5-12-22-42)37-82-56-47(69-61(75)48-32-53(73)71-66(78)70-48)30-46(62(76)79-3)31-49(56)87-65-60(89-54(74)33-68-72-67)59(58-52(88-65)38-84-64(90-58)45-27-17-8-18-28-45)86-50(29-41-19-9-4-10-20-41)63(77)83-36-44-25-15-7-16-26-44/h5-8,11-18,21-28,32,39-41,46-47,49-52,55-60,64-65H,4,9-10,19-20,29-31,33-38H2,1-3H3,(H,69,75)(H2,70,71,73,78)/t39-,40?,46?,47?,49-,50+,51+,52+,55+,56-,57?,58+,59?,60?,64?,65-/m1/s1. The highest BCUT2D eigenvalue weighted by Crippen LogP contribution is 2.42. The van der Waals surface area contributed by atoms with Crippen molar-refractivity contribution in [2.45, 2.75) is 171 Å². The van der Waals surface area contributed by atoms with Crippen molar-refractivity contribution >= 4 is 23.8 Å². The molecule has 3 N–H and O–H groups in total. The molecule has 16 atom stereocenters. The van der Waals surface area contributed by atoms with Gasteiger partial charge in [-0.1, -0.05) is 165 Å². The maximum Gasteiger partial charge on any atom is 0.335 e. The number of carbonyl (C=O) groups is 4. The Morgan fingerprint density at radius 3 is 2.02 bits per heavy atom. The first-order chi connectivity index (χ1) is 43.8. The van der Waals surface area contributed by atoms with Crippen LogP contribution in [-0.4, -0.2) is 140 Å². The van der Waals surface area contributed by atoms with Crippen molar-refractivity contribution in [3.8, 4) is 0 Å². The smallest absolute Gasteiger partial charge is 0.335 e. The highest BCUT2D eigenvalue weighted by atomic mass is 16.8. The summed E-state index contributed by atoms with van der Waals surface area (Å²) in [6, 6.07) is 37.4. The van der Waals surface area contributed by atoms with E-state index in [0.29, 0.717) is 5.56 Å². The Balaban J connectivity index is 1.03. The molecule has 0 bridgehead atoms. The van der Waals surface area contributed by atoms with Crippen LogP contribution in [0.1, 0.15) is 104 Å². The molecule has 4 heterocycles. The molecule has 3 saturated heterocycles. The first-order valence-electron chi connectivity index (χ1n) is 30.8. The molecule has 5 fully saturated rings. The molecule has 10 rings (SSSR count). The number of carbonyl (C=O) groups excluding carboxylic acids is 4. The SMILES string of the molecule is COC(=O)C1CC(NC(=O)c2cc(=O)[nH]c(=O)[nH]2)[C@@H](OC[C@@H]2OC(C)[C@@H](C)[C@H](OCc3ccccc3)C2OCc2ccccc2)[C@H](O[C@@H]2O[C@H]3COC(c4ccccc4)O[C@@H]3C(O[C@@H](CC3CCCCC3)C(=O)OCc3ccccc3)C2OC(=O)CN=[N+]=[N-])C1. The van der Waals surface area contributed by atoms with Gasteiger partial charge in [-0.3, -0.25) is 24.2 Å². The maximum atomic E-state index is 14.7. The van der Waals surface area contributed by atoms with E-state index in [1.807, 2.05) is 135 Å². The van der Waals surface area contributed by atoms with Crippen molar-refractivity contribution in [2.75, 3.05) is 26.9 Å². The quantitative estimate of drug-likeness (QED) is 0.0166. The second-order valence-electron chi connectivity index (χ2n) is 23.5. The second kappa shape index (κ2) is 31.9. The van der Waals surface area contributed by atoms with E-state index in [-0.39, 0.29) is 64.1 Å². The van der Waals surface area contributed by atoms with Crippen molar-refractivity contribution in [3.63, 3.8) is 0 Å². The van der Waals surface area contributed by atoms with Gasteiger partial charge in [0.1, 0.15) is 55.5 Å². The van der Waals surface area contributed by atoms with Crippen molar-refractivity contribution in [1.29, 1.82) is 0 Å². The molecule has 4 aromatic carbocycles. The van der Waals surface area contributed by atoms with Gasteiger partial charge in [0.25, 0.3) is 11.5 Å². The van der Waals surface area contributed by atoms with Gasteiger partial charge >= 0.3 is 23.6 Å². The van der Waals surface area contributed by atoms with Crippen LogP contribution in [0.5, 0.6) is 0 Å². The van der Waals surface area contributed by atoms with Crippen LogP contribution in [0.4, 0.5) is 0 Å². The zero-order chi connectivity index (χ0) is 62.9. The summed E-state index contributed by atoms with van der Waals surface area (Å²) < 4.78 is 79.3. The number of hydrogen-bond acceptors (Lipinski definition) is 19. The lowest BCUT2D eigenvalue weighted by molar-refractivity contribution is -0.378. The lowest BCUT2D eigenvalue weighted by atomic mass is 9.81. The molecule has 0 radical (unpaired) electrons. The Morgan fingerprint density at radius 2 is 1.38 bits per heavy atom. The second-order valence-corrected chi connectivity index (χ2v) is 23.5. The minimum absolute atomic E-state index is 0.0531. The first-order valence-corrected chi connectivity index (χ1v) is 30.8. The Labute approximate surface area is 520 Å². The van der Waals surface area contributed by atoms with Gasteiger partial charge in [-0.25, -0.2) is 9.59 Å². The van der Waals surface area contributed by atoms with Gasteiger partial charge in [-0.2, -0.15) is 0 Å². The third kappa shape index (κ3) is 17.2. The number of fused-ring (bicyclic) bond motifs is 1. The fourth-order valence-corrected chi connectivity index (χ4v) is 12.6. The molecule has 24 nitrogen and oxygen atoms in total. The molecule has 5 aliphatic rings. The number of nitrogens with zero attached hydrogens (tertiary/aromatic N) is 3. The molecular weight excluding hydrogens is 1160 g/mol. The van der Waals surface area contributed by atoms with E-state index in [2.05, 4.69) is 25.3 Å². The van der Waals surface area contributed by atoms with Gasteiger partial charge in [0.15, 0.2) is 24.8 Å². The normalized spacial score (nSPS) is 28.9. The number of aromatic amines is 2. The summed E-state index contributed by atoms with van der Waals surface area (Å²) >= 11 is 0. The van der Waals surface area contributed by atoms with Crippen LogP contribution in [-0.2, 0) is 91.0 Å². The monoisotopic (exact) mass is 1240 g/mol. The number of azide groups is 1. The zero-order valence-corrected chi connectivity index (χ0v) is 50.5. The molecule has 0 spiro atoms. The van der Waals surface area contributed by atoms with E-state index in [1.165, 1.54) is 7.11 Å². The zero-order valence-electron chi connectivity index (χ0n) is 50.5. The summed E-state index contributed by atoms with van der Waals surface area (Å²) in [4.78, 5) is 89.7. The average molecular weight is 1240 g/mol. The Kier molecular flexibility index (Phi) is 23.2. The van der Waals surface area contributed by atoms with Crippen LogP contribution in [0.25, 0.3) is 10.4 Å². The lowest BCUT2D eigenvalue weighted by Crippen LogP contribution is -2.66. The van der Waals surface area contributed by atoms with Crippen LogP contribution in [0, 0.1) is 17.8 Å². The minimum atomic E-state index is -1.68. The fraction of sp³-hybridized carbons (Fsp3) is 0.515. The predicted molar refractivity (Wildman–Crippen MR) is 320 cm³/mol. The number of H-pyrrole nitrogens is 2.